The molecule has 10 heteroatoms. The molecule has 0 fully saturated rings. The molecule has 0 saturated carbocycles. The number of nitrogens with zero attached hydrogens (tertiary/aromatic N) is 3. The molecule has 0 atom stereocenters. The van der Waals surface area contributed by atoms with Crippen LogP contribution in [0.5, 0.6) is 0 Å². The van der Waals surface area contributed by atoms with E-state index in [1.165, 1.54) is 6.07 Å². The Morgan fingerprint density at radius 2 is 0.662 bits per heavy atom. The van der Waals surface area contributed by atoms with Crippen molar-refractivity contribution in [3.63, 3.8) is 0 Å². The second-order valence-corrected chi connectivity index (χ2v) is 21.6. The highest BCUT2D eigenvalue weighted by Gasteiger charge is 2.27. The maximum absolute atomic E-state index is 14.6. The van der Waals surface area contributed by atoms with Gasteiger partial charge in [-0.2, -0.15) is 0 Å². The van der Waals surface area contributed by atoms with E-state index in [1.807, 2.05) is 11.5 Å². The fourth-order valence-electron chi connectivity index (χ4n) is 9.56. The Labute approximate surface area is 388 Å². The Morgan fingerprint density at radius 3 is 1.06 bits per heavy atom. The van der Waals surface area contributed by atoms with Crippen LogP contribution in [-0.2, 0) is 19.7 Å². The summed E-state index contributed by atoms with van der Waals surface area (Å²) in [4.78, 5) is -0.100. The molecule has 0 amide bonds. The Kier molecular flexibility index (Phi) is 9.00. The molecule has 12 aromatic rings. The summed E-state index contributed by atoms with van der Waals surface area (Å²) in [6.07, 6.45) is 0. The number of hydrogen-bond acceptors (Lipinski definition) is 4. The third-order valence-electron chi connectivity index (χ3n) is 12.6. The first-order chi connectivity index (χ1) is 31.6. The van der Waals surface area contributed by atoms with Crippen molar-refractivity contribution in [1.82, 2.24) is 13.7 Å². The van der Waals surface area contributed by atoms with Gasteiger partial charge in [-0.05, 0) is 145 Å². The van der Waals surface area contributed by atoms with Crippen molar-refractivity contribution in [2.24, 2.45) is 0 Å². The molecule has 9 aromatic carbocycles. The van der Waals surface area contributed by atoms with E-state index in [4.69, 9.17) is 0 Å². The van der Waals surface area contributed by atoms with Crippen LogP contribution in [-0.4, -0.2) is 30.5 Å². The second kappa shape index (κ2) is 14.8. The molecule has 0 saturated heterocycles. The van der Waals surface area contributed by atoms with Gasteiger partial charge in [0, 0.05) is 52.9 Å². The Balaban J connectivity index is 1.17. The molecule has 0 N–H and O–H groups in total. The maximum Gasteiger partial charge on any atom is 0.206 e. The number of aromatic nitrogens is 3. The van der Waals surface area contributed by atoms with Crippen molar-refractivity contribution >= 4 is 108 Å². The molecule has 3 aromatic heterocycles. The Hall–Kier alpha value is -6.99. The lowest BCUT2D eigenvalue weighted by molar-refractivity contribution is 0.594. The first-order valence-electron chi connectivity index (χ1n) is 21.1. The number of aryl methyl sites for hydroxylation is 1. The highest BCUT2D eigenvalue weighted by molar-refractivity contribution is 14.1. The monoisotopic (exact) mass is 993 g/mol. The number of para-hydroxylation sites is 4. The third-order valence-corrected chi connectivity index (χ3v) is 16.8. The number of halogens is 1. The lowest BCUT2D eigenvalue weighted by Gasteiger charge is -2.15. The van der Waals surface area contributed by atoms with Crippen LogP contribution in [0.2, 0.25) is 0 Å². The molecule has 3 heterocycles. The van der Waals surface area contributed by atoms with Gasteiger partial charge in [-0.3, -0.25) is 0 Å². The van der Waals surface area contributed by atoms with Crippen LogP contribution in [0, 0.1) is 10.5 Å². The summed E-state index contributed by atoms with van der Waals surface area (Å²) in [5.41, 5.74) is 9.07. The predicted molar refractivity (Wildman–Crippen MR) is 271 cm³/mol. The summed E-state index contributed by atoms with van der Waals surface area (Å²) in [6, 6.07) is 64.0. The molecule has 0 radical (unpaired) electrons. The molecule has 7 nitrogen and oxygen atoms in total. The van der Waals surface area contributed by atoms with Crippen LogP contribution in [0.3, 0.4) is 0 Å². The zero-order chi connectivity index (χ0) is 44.2. The van der Waals surface area contributed by atoms with Crippen molar-refractivity contribution in [3.05, 3.63) is 209 Å². The van der Waals surface area contributed by atoms with Crippen LogP contribution >= 0.6 is 22.6 Å². The van der Waals surface area contributed by atoms with Crippen molar-refractivity contribution in [2.45, 2.75) is 26.5 Å². The summed E-state index contributed by atoms with van der Waals surface area (Å²) < 4.78 is 65.9. The molecular weight excluding hydrogens is 958 g/mol. The summed E-state index contributed by atoms with van der Waals surface area (Å²) in [5.74, 6) is 0. The number of rotatable bonds is 7. The van der Waals surface area contributed by atoms with Gasteiger partial charge >= 0.3 is 0 Å². The largest absolute Gasteiger partial charge is 0.309 e. The number of hydrogen-bond donors (Lipinski definition) is 0. The van der Waals surface area contributed by atoms with E-state index in [0.717, 1.165) is 85.9 Å². The van der Waals surface area contributed by atoms with Crippen LogP contribution in [0.1, 0.15) is 5.56 Å². The lowest BCUT2D eigenvalue weighted by atomic mass is 10.1. The molecule has 65 heavy (non-hydrogen) atoms. The quantitative estimate of drug-likeness (QED) is 0.149. The maximum atomic E-state index is 14.6. The lowest BCUT2D eigenvalue weighted by Crippen LogP contribution is -2.09. The van der Waals surface area contributed by atoms with E-state index < -0.39 is 19.7 Å². The van der Waals surface area contributed by atoms with Gasteiger partial charge in [0.2, 0.25) is 19.7 Å². The van der Waals surface area contributed by atoms with Gasteiger partial charge in [-0.1, -0.05) is 90.5 Å². The van der Waals surface area contributed by atoms with Gasteiger partial charge in [0.15, 0.2) is 0 Å². The molecule has 12 rings (SSSR count). The first kappa shape index (κ1) is 39.6. The molecule has 0 aliphatic heterocycles. The predicted octanol–water partition coefficient (Wildman–Crippen LogP) is 13.6. The molecule has 0 spiro atoms. The van der Waals surface area contributed by atoms with Crippen LogP contribution in [0.15, 0.2) is 220 Å². The summed E-state index contributed by atoms with van der Waals surface area (Å²) in [6.45, 7) is 1.89. The zero-order valence-electron chi connectivity index (χ0n) is 34.7. The number of benzene rings is 9. The van der Waals surface area contributed by atoms with Gasteiger partial charge in [-0.25, -0.2) is 16.8 Å². The van der Waals surface area contributed by atoms with Crippen LogP contribution in [0.25, 0.3) is 82.5 Å². The van der Waals surface area contributed by atoms with Crippen molar-refractivity contribution < 1.29 is 16.8 Å². The van der Waals surface area contributed by atoms with E-state index in [0.29, 0.717) is 5.69 Å². The first-order valence-corrected chi connectivity index (χ1v) is 25.1. The van der Waals surface area contributed by atoms with Gasteiger partial charge in [-0.15, -0.1) is 0 Å². The fraction of sp³-hybridized carbons (Fsp3) is 0.0182. The van der Waals surface area contributed by atoms with E-state index in [1.54, 1.807) is 60.7 Å². The topological polar surface area (TPSA) is 83.1 Å². The smallest absolute Gasteiger partial charge is 0.206 e. The van der Waals surface area contributed by atoms with Crippen LogP contribution < -0.4 is 0 Å². The zero-order valence-corrected chi connectivity index (χ0v) is 38.5. The molecule has 314 valence electrons. The average molecular weight is 994 g/mol. The molecule has 0 unspecified atom stereocenters. The van der Waals surface area contributed by atoms with Gasteiger partial charge in [0.25, 0.3) is 0 Å². The number of fused-ring (bicyclic) bond motifs is 9. The van der Waals surface area contributed by atoms with Crippen LogP contribution in [0.4, 0.5) is 0 Å². The summed E-state index contributed by atoms with van der Waals surface area (Å²) >= 11 is 2.14. The fourth-order valence-corrected chi connectivity index (χ4v) is 12.6. The van der Waals surface area contributed by atoms with E-state index in [-0.39, 0.29) is 19.6 Å². The Morgan fingerprint density at radius 1 is 0.323 bits per heavy atom. The van der Waals surface area contributed by atoms with Crippen molar-refractivity contribution in [3.8, 4) is 17.1 Å². The number of sulfone groups is 2. The summed E-state index contributed by atoms with van der Waals surface area (Å²) in [5, 5.41) is 6.41. The molecule has 0 aliphatic carbocycles. The van der Waals surface area contributed by atoms with E-state index >= 15 is 0 Å². The highest BCUT2D eigenvalue weighted by Crippen LogP contribution is 2.41. The van der Waals surface area contributed by atoms with E-state index in [9.17, 15) is 16.8 Å². The highest BCUT2D eigenvalue weighted by atomic mass is 127. The average Bonchev–Trinajstić information content (AvgIpc) is 3.97. The van der Waals surface area contributed by atoms with E-state index in [2.05, 4.69) is 165 Å². The summed E-state index contributed by atoms with van der Waals surface area (Å²) in [7, 11) is -8.38. The minimum Gasteiger partial charge on any atom is -0.309 e. The van der Waals surface area contributed by atoms with Gasteiger partial charge < -0.3 is 13.7 Å². The molecular formula is C55H36IN3O4S2. The molecule has 0 bridgehead atoms. The SMILES string of the molecule is Cc1ccc(S(=O)(=O)c2cc(-n3c4ccc(-n5c6ccccc6c6ccccc65)cc4c4cc(-n5c6ccccc6c6ccccc65)ccc43)cc(S(=O)(=O)c3ccc(I)cc3)c2)cc1. The third kappa shape index (κ3) is 6.19. The Bertz CT molecular complexity index is 3800. The standard InChI is InChI=1S/C55H36IN3O4S2/c1-35-18-24-40(25-19-35)64(60,61)42-30-39(31-43(34-42)65(62,63)41-26-20-36(56)21-27-41)59-54-28-22-37(57-50-14-6-2-10-44(50)45-11-3-7-15-51(45)57)32-48(54)49-33-38(23-29-55(49)59)58-52-16-8-4-12-46(52)47-13-5-9-17-53(47)58/h2-34H,1H3. The van der Waals surface area contributed by atoms with Gasteiger partial charge in [0.1, 0.15) is 0 Å². The minimum atomic E-state index is -4.19. The van der Waals surface area contributed by atoms with Crippen molar-refractivity contribution in [1.29, 1.82) is 0 Å². The normalized spacial score (nSPS) is 12.4. The second-order valence-electron chi connectivity index (χ2n) is 16.4. The van der Waals surface area contributed by atoms with Crippen molar-refractivity contribution in [2.75, 3.05) is 0 Å². The molecule has 0 aliphatic rings. The minimum absolute atomic E-state index is 0.0719. The van der Waals surface area contributed by atoms with Gasteiger partial charge in [0.05, 0.1) is 52.7 Å².